The van der Waals surface area contributed by atoms with Crippen LogP contribution in [0.3, 0.4) is 0 Å². The van der Waals surface area contributed by atoms with Gasteiger partial charge in [0.2, 0.25) is 0 Å². The average Bonchev–Trinajstić information content (AvgIpc) is 2.69. The van der Waals surface area contributed by atoms with Gasteiger partial charge in [-0.05, 0) is 37.1 Å². The van der Waals surface area contributed by atoms with E-state index in [1.54, 1.807) is 36.3 Å². The van der Waals surface area contributed by atoms with Gasteiger partial charge in [-0.1, -0.05) is 18.2 Å². The van der Waals surface area contributed by atoms with E-state index >= 15 is 0 Å². The maximum Gasteiger partial charge on any atom is 0.254 e. The van der Waals surface area contributed by atoms with Crippen LogP contribution in [0.2, 0.25) is 0 Å². The molecule has 26 heavy (non-hydrogen) atoms. The van der Waals surface area contributed by atoms with E-state index in [1.165, 1.54) is 12.1 Å². The number of rotatable bonds is 5. The first-order chi connectivity index (χ1) is 12.6. The zero-order valence-electron chi connectivity index (χ0n) is 14.6. The number of methoxy groups -OCH3 is 1. The molecule has 0 spiro atoms. The van der Waals surface area contributed by atoms with E-state index in [1.807, 2.05) is 0 Å². The van der Waals surface area contributed by atoms with E-state index in [0.717, 1.165) is 18.9 Å². The van der Waals surface area contributed by atoms with Gasteiger partial charge in [0.15, 0.2) is 11.6 Å². The van der Waals surface area contributed by atoms with Crippen LogP contribution in [-0.2, 0) is 11.3 Å². The molecule has 4 nitrogen and oxygen atoms in total. The Morgan fingerprint density at radius 2 is 2.04 bits per heavy atom. The van der Waals surface area contributed by atoms with Gasteiger partial charge in [-0.25, -0.2) is 8.78 Å². The number of likely N-dealkylation sites (tertiary alicyclic amines) is 1. The standard InChI is InChI=1S/C20H21F2NO3/c1-25-16-7-2-5-14(11-16)20(24)23-10-4-8-17(12-23)26-13-15-6-3-9-18(21)19(15)22/h2-3,5-7,9,11,17H,4,8,10,12-13H2,1H3/t17-/m1/s1. The van der Waals surface area contributed by atoms with E-state index in [9.17, 15) is 13.6 Å². The van der Waals surface area contributed by atoms with Crippen molar-refractivity contribution in [2.45, 2.75) is 25.6 Å². The Bertz CT molecular complexity index is 781. The van der Waals surface area contributed by atoms with Crippen LogP contribution in [0.25, 0.3) is 0 Å². The quantitative estimate of drug-likeness (QED) is 0.813. The van der Waals surface area contributed by atoms with Gasteiger partial charge in [-0.2, -0.15) is 0 Å². The summed E-state index contributed by atoms with van der Waals surface area (Å²) in [4.78, 5) is 14.4. The van der Waals surface area contributed by atoms with Crippen molar-refractivity contribution in [1.82, 2.24) is 4.90 Å². The van der Waals surface area contributed by atoms with Crippen molar-refractivity contribution in [3.8, 4) is 5.75 Å². The Morgan fingerprint density at radius 3 is 2.85 bits per heavy atom. The van der Waals surface area contributed by atoms with Crippen LogP contribution in [0, 0.1) is 11.6 Å². The molecule has 2 aromatic rings. The number of benzene rings is 2. The van der Waals surface area contributed by atoms with Gasteiger partial charge in [-0.15, -0.1) is 0 Å². The predicted octanol–water partition coefficient (Wildman–Crippen LogP) is 3.79. The summed E-state index contributed by atoms with van der Waals surface area (Å²) in [5.41, 5.74) is 0.738. The molecule has 0 bridgehead atoms. The minimum absolute atomic E-state index is 0.0184. The molecule has 138 valence electrons. The number of ether oxygens (including phenoxy) is 2. The van der Waals surface area contributed by atoms with Crippen molar-refractivity contribution in [3.63, 3.8) is 0 Å². The van der Waals surface area contributed by atoms with Crippen molar-refractivity contribution in [2.24, 2.45) is 0 Å². The average molecular weight is 361 g/mol. The van der Waals surface area contributed by atoms with Crippen molar-refractivity contribution in [3.05, 3.63) is 65.2 Å². The smallest absolute Gasteiger partial charge is 0.254 e. The van der Waals surface area contributed by atoms with Gasteiger partial charge in [0.05, 0.1) is 19.8 Å². The van der Waals surface area contributed by atoms with Crippen LogP contribution in [-0.4, -0.2) is 37.1 Å². The van der Waals surface area contributed by atoms with Gasteiger partial charge in [0, 0.05) is 24.2 Å². The van der Waals surface area contributed by atoms with Crippen LogP contribution in [0.5, 0.6) is 5.75 Å². The second kappa shape index (κ2) is 8.27. The number of hydrogen-bond donors (Lipinski definition) is 0. The number of halogens is 2. The molecular formula is C20H21F2NO3. The molecule has 2 aromatic carbocycles. The first-order valence-electron chi connectivity index (χ1n) is 8.56. The number of amides is 1. The summed E-state index contributed by atoms with van der Waals surface area (Å²) in [6.45, 7) is 1.05. The maximum absolute atomic E-state index is 13.7. The molecule has 1 aliphatic rings. The Kier molecular flexibility index (Phi) is 5.83. The predicted molar refractivity (Wildman–Crippen MR) is 93.1 cm³/mol. The number of nitrogens with zero attached hydrogens (tertiary/aromatic N) is 1. The molecule has 1 heterocycles. The van der Waals surface area contributed by atoms with Crippen LogP contribution >= 0.6 is 0 Å². The number of carbonyl (C=O) groups is 1. The van der Waals surface area contributed by atoms with Crippen LogP contribution in [0.15, 0.2) is 42.5 Å². The lowest BCUT2D eigenvalue weighted by atomic mass is 10.1. The third-order valence-corrected chi connectivity index (χ3v) is 4.49. The van der Waals surface area contributed by atoms with E-state index in [2.05, 4.69) is 0 Å². The molecule has 1 aliphatic heterocycles. The van der Waals surface area contributed by atoms with Gasteiger partial charge < -0.3 is 14.4 Å². The monoisotopic (exact) mass is 361 g/mol. The molecule has 0 radical (unpaired) electrons. The fraction of sp³-hybridized carbons (Fsp3) is 0.350. The highest BCUT2D eigenvalue weighted by atomic mass is 19.2. The summed E-state index contributed by atoms with van der Waals surface area (Å²) >= 11 is 0. The lowest BCUT2D eigenvalue weighted by molar-refractivity contribution is -0.00777. The van der Waals surface area contributed by atoms with E-state index in [-0.39, 0.29) is 24.2 Å². The van der Waals surface area contributed by atoms with Crippen molar-refractivity contribution >= 4 is 5.91 Å². The number of piperidine rings is 1. The molecule has 1 saturated heterocycles. The Labute approximate surface area is 151 Å². The lowest BCUT2D eigenvalue weighted by Gasteiger charge is -2.32. The Hall–Kier alpha value is -2.47. The highest BCUT2D eigenvalue weighted by Gasteiger charge is 2.25. The summed E-state index contributed by atoms with van der Waals surface area (Å²) in [5.74, 6) is -1.23. The third-order valence-electron chi connectivity index (χ3n) is 4.49. The van der Waals surface area contributed by atoms with Crippen LogP contribution in [0.4, 0.5) is 8.78 Å². The van der Waals surface area contributed by atoms with Crippen LogP contribution in [0.1, 0.15) is 28.8 Å². The minimum Gasteiger partial charge on any atom is -0.497 e. The number of hydrogen-bond acceptors (Lipinski definition) is 3. The highest BCUT2D eigenvalue weighted by molar-refractivity contribution is 5.94. The van der Waals surface area contributed by atoms with Crippen molar-refractivity contribution in [1.29, 1.82) is 0 Å². The first kappa shape index (κ1) is 18.3. The Balaban J connectivity index is 1.61. The highest BCUT2D eigenvalue weighted by Crippen LogP contribution is 2.20. The van der Waals surface area contributed by atoms with E-state index in [4.69, 9.17) is 9.47 Å². The first-order valence-corrected chi connectivity index (χ1v) is 8.56. The SMILES string of the molecule is COc1cccc(C(=O)N2CCC[C@@H](OCc3cccc(F)c3F)C2)c1. The Morgan fingerprint density at radius 1 is 1.23 bits per heavy atom. The van der Waals surface area contributed by atoms with E-state index in [0.29, 0.717) is 24.4 Å². The molecule has 1 fully saturated rings. The summed E-state index contributed by atoms with van der Waals surface area (Å²) in [6.07, 6.45) is 1.37. The maximum atomic E-state index is 13.7. The van der Waals surface area contributed by atoms with Crippen LogP contribution < -0.4 is 4.74 Å². The van der Waals surface area contributed by atoms with Gasteiger partial charge >= 0.3 is 0 Å². The molecule has 1 atom stereocenters. The van der Waals surface area contributed by atoms with Crippen molar-refractivity contribution in [2.75, 3.05) is 20.2 Å². The normalized spacial score (nSPS) is 17.2. The van der Waals surface area contributed by atoms with Crippen molar-refractivity contribution < 1.29 is 23.0 Å². The largest absolute Gasteiger partial charge is 0.497 e. The zero-order valence-corrected chi connectivity index (χ0v) is 14.6. The van der Waals surface area contributed by atoms with Gasteiger partial charge in [0.1, 0.15) is 5.75 Å². The fourth-order valence-electron chi connectivity index (χ4n) is 3.06. The molecule has 0 saturated carbocycles. The zero-order chi connectivity index (χ0) is 18.5. The molecule has 6 heteroatoms. The molecule has 0 aliphatic carbocycles. The third kappa shape index (κ3) is 4.19. The van der Waals surface area contributed by atoms with Gasteiger partial charge in [0.25, 0.3) is 5.91 Å². The lowest BCUT2D eigenvalue weighted by Crippen LogP contribution is -2.43. The molecule has 0 unspecified atom stereocenters. The minimum atomic E-state index is -0.885. The molecular weight excluding hydrogens is 340 g/mol. The summed E-state index contributed by atoms with van der Waals surface area (Å²) in [6, 6.07) is 11.0. The van der Waals surface area contributed by atoms with E-state index < -0.39 is 11.6 Å². The summed E-state index contributed by atoms with van der Waals surface area (Å²) in [7, 11) is 1.56. The fourth-order valence-corrected chi connectivity index (χ4v) is 3.06. The second-order valence-corrected chi connectivity index (χ2v) is 6.27. The molecule has 0 aromatic heterocycles. The number of carbonyl (C=O) groups excluding carboxylic acids is 1. The molecule has 0 N–H and O–H groups in total. The molecule has 1 amide bonds. The van der Waals surface area contributed by atoms with Gasteiger partial charge in [-0.3, -0.25) is 4.79 Å². The topological polar surface area (TPSA) is 38.8 Å². The second-order valence-electron chi connectivity index (χ2n) is 6.27. The summed E-state index contributed by atoms with van der Waals surface area (Å²) < 4.78 is 37.9. The molecule has 3 rings (SSSR count). The summed E-state index contributed by atoms with van der Waals surface area (Å²) in [5, 5.41) is 0.